The molecule has 5 heteroatoms. The summed E-state index contributed by atoms with van der Waals surface area (Å²) in [7, 11) is 3.49. The summed E-state index contributed by atoms with van der Waals surface area (Å²) in [5.74, 6) is 2.09. The Morgan fingerprint density at radius 3 is 2.68 bits per heavy atom. The van der Waals surface area contributed by atoms with Gasteiger partial charge in [0, 0.05) is 38.2 Å². The molecule has 150 valence electrons. The molecule has 2 aromatic rings. The third-order valence-corrected chi connectivity index (χ3v) is 5.24. The number of hydrogen-bond acceptors (Lipinski definition) is 3. The molecule has 1 aliphatic heterocycles. The van der Waals surface area contributed by atoms with Gasteiger partial charge in [-0.25, -0.2) is 0 Å². The molecule has 1 fully saturated rings. The fourth-order valence-electron chi connectivity index (χ4n) is 3.65. The van der Waals surface area contributed by atoms with Crippen LogP contribution in [0.2, 0.25) is 0 Å². The quantitative estimate of drug-likeness (QED) is 0.590. The van der Waals surface area contributed by atoms with Crippen LogP contribution in [0.15, 0.2) is 53.5 Å². The Hall–Kier alpha value is -2.53. The topological polar surface area (TPSA) is 54.9 Å². The zero-order valence-corrected chi connectivity index (χ0v) is 17.1. The molecule has 0 aromatic heterocycles. The molecule has 1 aliphatic rings. The molecular weight excluding hydrogens is 350 g/mol. The highest BCUT2D eigenvalue weighted by molar-refractivity contribution is 5.79. The zero-order valence-electron chi connectivity index (χ0n) is 17.1. The first kappa shape index (κ1) is 20.2. The molecular formula is C23H31N3O2. The van der Waals surface area contributed by atoms with Crippen LogP contribution in [-0.2, 0) is 11.3 Å². The Morgan fingerprint density at radius 1 is 1.14 bits per heavy atom. The summed E-state index contributed by atoms with van der Waals surface area (Å²) in [6.45, 7) is 4.42. The fraction of sp³-hybridized carbons (Fsp3) is 0.435. The Kier molecular flexibility index (Phi) is 7.31. The number of hydrogen-bond donors (Lipinski definition) is 2. The van der Waals surface area contributed by atoms with Gasteiger partial charge in [0.2, 0.25) is 0 Å². The number of rotatable bonds is 6. The molecule has 5 nitrogen and oxygen atoms in total. The van der Waals surface area contributed by atoms with Crippen molar-refractivity contribution in [1.29, 1.82) is 0 Å². The third-order valence-electron chi connectivity index (χ3n) is 5.24. The van der Waals surface area contributed by atoms with Crippen molar-refractivity contribution in [2.75, 3.05) is 27.3 Å². The highest BCUT2D eigenvalue weighted by Crippen LogP contribution is 2.33. The standard InChI is InChI=1S/C23H31N3O2/c1-17-10-12-18(13-11-17)22-20(8-6-14-28-22)16-26-23(24-2)25-15-19-7-4-5-9-21(19)27-3/h4-5,7,9-13,20,22H,6,8,14-16H2,1-3H3,(H2,24,25,26). The van der Waals surface area contributed by atoms with E-state index in [0.29, 0.717) is 12.5 Å². The number of nitrogens with zero attached hydrogens (tertiary/aromatic N) is 1. The third kappa shape index (κ3) is 5.26. The summed E-state index contributed by atoms with van der Waals surface area (Å²) in [4.78, 5) is 4.37. The maximum Gasteiger partial charge on any atom is 0.191 e. The molecule has 2 unspecified atom stereocenters. The summed E-state index contributed by atoms with van der Waals surface area (Å²) >= 11 is 0. The van der Waals surface area contributed by atoms with E-state index in [0.717, 1.165) is 43.3 Å². The number of aryl methyl sites for hydroxylation is 1. The van der Waals surface area contributed by atoms with Crippen molar-refractivity contribution in [2.24, 2.45) is 10.9 Å². The molecule has 0 aliphatic carbocycles. The van der Waals surface area contributed by atoms with Crippen LogP contribution < -0.4 is 15.4 Å². The van der Waals surface area contributed by atoms with Crippen molar-refractivity contribution in [3.05, 3.63) is 65.2 Å². The second-order valence-electron chi connectivity index (χ2n) is 7.22. The summed E-state index contributed by atoms with van der Waals surface area (Å²) in [5, 5.41) is 6.86. The minimum atomic E-state index is 0.133. The lowest BCUT2D eigenvalue weighted by molar-refractivity contribution is -0.0265. The van der Waals surface area contributed by atoms with Crippen molar-refractivity contribution >= 4 is 5.96 Å². The number of benzene rings is 2. The minimum Gasteiger partial charge on any atom is -0.496 e. The molecule has 0 bridgehead atoms. The molecule has 2 N–H and O–H groups in total. The van der Waals surface area contributed by atoms with E-state index in [1.807, 2.05) is 18.2 Å². The van der Waals surface area contributed by atoms with Gasteiger partial charge in [-0.3, -0.25) is 4.99 Å². The maximum atomic E-state index is 6.13. The Balaban J connectivity index is 1.57. The molecule has 1 heterocycles. The van der Waals surface area contributed by atoms with Crippen molar-refractivity contribution < 1.29 is 9.47 Å². The predicted molar refractivity (Wildman–Crippen MR) is 114 cm³/mol. The second kappa shape index (κ2) is 10.1. The molecule has 2 atom stereocenters. The Morgan fingerprint density at radius 2 is 1.93 bits per heavy atom. The van der Waals surface area contributed by atoms with Gasteiger partial charge in [-0.15, -0.1) is 0 Å². The molecule has 0 spiro atoms. The number of aliphatic imine (C=N–C) groups is 1. The molecule has 28 heavy (non-hydrogen) atoms. The summed E-state index contributed by atoms with van der Waals surface area (Å²) in [6.07, 6.45) is 2.38. The SMILES string of the molecule is CN=C(NCc1ccccc1OC)NCC1CCCOC1c1ccc(C)cc1. The van der Waals surface area contributed by atoms with Gasteiger partial charge < -0.3 is 20.1 Å². The minimum absolute atomic E-state index is 0.133. The number of guanidine groups is 1. The predicted octanol–water partition coefficient (Wildman–Crippen LogP) is 3.84. The molecule has 3 rings (SSSR count). The van der Waals surface area contributed by atoms with Gasteiger partial charge in [0.1, 0.15) is 5.75 Å². The average Bonchev–Trinajstić information content (AvgIpc) is 2.75. The smallest absolute Gasteiger partial charge is 0.191 e. The van der Waals surface area contributed by atoms with Crippen LogP contribution in [0.25, 0.3) is 0 Å². The van der Waals surface area contributed by atoms with Crippen molar-refractivity contribution in [3.63, 3.8) is 0 Å². The van der Waals surface area contributed by atoms with E-state index in [-0.39, 0.29) is 6.10 Å². The van der Waals surface area contributed by atoms with Gasteiger partial charge in [-0.05, 0) is 31.4 Å². The van der Waals surface area contributed by atoms with Crippen LogP contribution in [0, 0.1) is 12.8 Å². The van der Waals surface area contributed by atoms with Gasteiger partial charge in [-0.2, -0.15) is 0 Å². The van der Waals surface area contributed by atoms with Gasteiger partial charge in [-0.1, -0.05) is 48.0 Å². The van der Waals surface area contributed by atoms with E-state index in [2.05, 4.69) is 52.9 Å². The van der Waals surface area contributed by atoms with Crippen LogP contribution >= 0.6 is 0 Å². The van der Waals surface area contributed by atoms with E-state index >= 15 is 0 Å². The van der Waals surface area contributed by atoms with Gasteiger partial charge in [0.05, 0.1) is 13.2 Å². The average molecular weight is 382 g/mol. The lowest BCUT2D eigenvalue weighted by Gasteiger charge is -2.32. The van der Waals surface area contributed by atoms with Crippen LogP contribution in [-0.4, -0.2) is 33.3 Å². The van der Waals surface area contributed by atoms with Crippen molar-refractivity contribution in [3.8, 4) is 5.75 Å². The zero-order chi connectivity index (χ0) is 19.8. The molecule has 0 radical (unpaired) electrons. The highest BCUT2D eigenvalue weighted by Gasteiger charge is 2.27. The largest absolute Gasteiger partial charge is 0.496 e. The number of nitrogens with one attached hydrogen (secondary N) is 2. The van der Waals surface area contributed by atoms with Crippen molar-refractivity contribution in [1.82, 2.24) is 10.6 Å². The van der Waals surface area contributed by atoms with Gasteiger partial charge in [0.15, 0.2) is 5.96 Å². The van der Waals surface area contributed by atoms with E-state index < -0.39 is 0 Å². The number of ether oxygens (including phenoxy) is 2. The Bertz CT molecular complexity index is 774. The first-order valence-electron chi connectivity index (χ1n) is 9.96. The van der Waals surface area contributed by atoms with Crippen LogP contribution in [0.1, 0.15) is 35.6 Å². The second-order valence-corrected chi connectivity index (χ2v) is 7.22. The Labute approximate surface area is 168 Å². The summed E-state index contributed by atoms with van der Waals surface area (Å²) < 4.78 is 11.5. The van der Waals surface area contributed by atoms with E-state index in [9.17, 15) is 0 Å². The summed E-state index contributed by atoms with van der Waals surface area (Å²) in [6, 6.07) is 16.7. The molecule has 0 amide bonds. The van der Waals surface area contributed by atoms with Crippen LogP contribution in [0.5, 0.6) is 5.75 Å². The maximum absolute atomic E-state index is 6.13. The van der Waals surface area contributed by atoms with Gasteiger partial charge in [0.25, 0.3) is 0 Å². The van der Waals surface area contributed by atoms with Crippen LogP contribution in [0.3, 0.4) is 0 Å². The fourth-order valence-corrected chi connectivity index (χ4v) is 3.65. The molecule has 0 saturated carbocycles. The van der Waals surface area contributed by atoms with Crippen LogP contribution in [0.4, 0.5) is 0 Å². The summed E-state index contributed by atoms with van der Waals surface area (Å²) in [5.41, 5.74) is 3.63. The van der Waals surface area contributed by atoms with Crippen molar-refractivity contribution in [2.45, 2.75) is 32.4 Å². The molecule has 2 aromatic carbocycles. The first-order chi connectivity index (χ1) is 13.7. The number of para-hydroxylation sites is 1. The molecule has 1 saturated heterocycles. The lowest BCUT2D eigenvalue weighted by atomic mass is 9.89. The monoisotopic (exact) mass is 381 g/mol. The van der Waals surface area contributed by atoms with Gasteiger partial charge >= 0.3 is 0 Å². The first-order valence-corrected chi connectivity index (χ1v) is 9.96. The van der Waals surface area contributed by atoms with E-state index in [1.54, 1.807) is 14.2 Å². The lowest BCUT2D eigenvalue weighted by Crippen LogP contribution is -2.41. The van der Waals surface area contributed by atoms with E-state index in [4.69, 9.17) is 9.47 Å². The number of methoxy groups -OCH3 is 1. The normalized spacial score (nSPS) is 19.9. The van der Waals surface area contributed by atoms with E-state index in [1.165, 1.54) is 11.1 Å². The highest BCUT2D eigenvalue weighted by atomic mass is 16.5.